The van der Waals surface area contributed by atoms with Gasteiger partial charge in [-0.3, -0.25) is 0 Å². The van der Waals surface area contributed by atoms with Gasteiger partial charge >= 0.3 is 0 Å². The average molecular weight is 982 g/mol. The maximum atomic E-state index is 6.19. The summed E-state index contributed by atoms with van der Waals surface area (Å²) in [5, 5.41) is 0. The Hall–Kier alpha value is 0.540. The second-order valence-electron chi connectivity index (χ2n) is 22.0. The zero-order valence-electron chi connectivity index (χ0n) is 45.7. The van der Waals surface area contributed by atoms with Gasteiger partial charge in [-0.1, -0.05) is 284 Å². The number of hydrogen-bond acceptors (Lipinski definition) is 6. The number of unbranched alkanes of at least 4 members (excludes halogenated alkanes) is 42. The first kappa shape index (κ1) is 63.7. The van der Waals surface area contributed by atoms with Gasteiger partial charge in [0.2, 0.25) is 0 Å². The van der Waals surface area contributed by atoms with Crippen molar-refractivity contribution in [1.82, 2.24) is 0 Å². The van der Waals surface area contributed by atoms with E-state index >= 15 is 0 Å². The molecule has 2 fully saturated rings. The van der Waals surface area contributed by atoms with Gasteiger partial charge in [0, 0.05) is 0 Å². The molecule has 67 heavy (non-hydrogen) atoms. The third-order valence-corrected chi connectivity index (χ3v) is 17.4. The van der Waals surface area contributed by atoms with E-state index in [2.05, 4.69) is 37.4 Å². The van der Waals surface area contributed by atoms with Crippen LogP contribution in [0.2, 0.25) is 0 Å². The second kappa shape index (κ2) is 51.4. The van der Waals surface area contributed by atoms with Gasteiger partial charge in [-0.05, 0) is 61.5 Å². The minimum Gasteiger partial charge on any atom is -0.352 e. The van der Waals surface area contributed by atoms with Crippen LogP contribution in [0.25, 0.3) is 0 Å². The molecule has 1 spiro atoms. The highest BCUT2D eigenvalue weighted by molar-refractivity contribution is 7.99. The van der Waals surface area contributed by atoms with Crippen LogP contribution in [0.1, 0.15) is 322 Å². The fourth-order valence-corrected chi connectivity index (χ4v) is 12.3. The van der Waals surface area contributed by atoms with Crippen molar-refractivity contribution in [3.63, 3.8) is 0 Å². The van der Waals surface area contributed by atoms with E-state index in [-0.39, 0.29) is 18.0 Å². The molecule has 0 N–H and O–H groups in total. The molecular formula is C61H120O4S2. The Labute approximate surface area is 429 Å². The smallest absolute Gasteiger partial charge is 0.157 e. The molecule has 4 nitrogen and oxygen atoms in total. The van der Waals surface area contributed by atoms with E-state index in [4.69, 9.17) is 18.9 Å². The predicted octanol–water partition coefficient (Wildman–Crippen LogP) is 20.9. The number of hydrogen-bond donors (Lipinski definition) is 0. The minimum absolute atomic E-state index is 0.0520. The standard InChI is InChI=1S/C61H120O4S2/c1-3-5-7-9-11-13-15-17-19-21-23-25-27-29-31-33-35-37-39-41-43-45-51-66-53-47-49-59-62-55-61(56-63-59)57-64-60(65-58-61)50-48-54-67-52-46-44-42-40-38-36-34-32-30-28-26-24-22-20-18-16-14-12-10-8-6-4-2/h59-60H,3-58H2,1-2H3. The van der Waals surface area contributed by atoms with Crippen molar-refractivity contribution in [2.24, 2.45) is 5.41 Å². The average Bonchev–Trinajstić information content (AvgIpc) is 3.35. The molecular weight excluding hydrogens is 861 g/mol. The summed E-state index contributed by atoms with van der Waals surface area (Å²) in [4.78, 5) is 0. The lowest BCUT2D eigenvalue weighted by Gasteiger charge is -2.43. The predicted molar refractivity (Wildman–Crippen MR) is 301 cm³/mol. The highest BCUT2D eigenvalue weighted by Crippen LogP contribution is 2.32. The zero-order chi connectivity index (χ0) is 47.5. The van der Waals surface area contributed by atoms with Crippen LogP contribution in [0.5, 0.6) is 0 Å². The maximum Gasteiger partial charge on any atom is 0.157 e. The Kier molecular flexibility index (Phi) is 48.9. The van der Waals surface area contributed by atoms with Crippen molar-refractivity contribution >= 4 is 23.5 Å². The van der Waals surface area contributed by atoms with Crippen LogP contribution in [0.15, 0.2) is 0 Å². The van der Waals surface area contributed by atoms with Gasteiger partial charge in [0.1, 0.15) is 0 Å². The number of ether oxygens (including phenoxy) is 4. The van der Waals surface area contributed by atoms with E-state index in [0.29, 0.717) is 26.4 Å². The largest absolute Gasteiger partial charge is 0.352 e. The van der Waals surface area contributed by atoms with Crippen molar-refractivity contribution in [3.8, 4) is 0 Å². The summed E-state index contributed by atoms with van der Waals surface area (Å²) in [6, 6.07) is 0. The molecule has 0 aromatic carbocycles. The van der Waals surface area contributed by atoms with E-state index in [1.165, 1.54) is 318 Å². The molecule has 2 aliphatic rings. The van der Waals surface area contributed by atoms with Crippen molar-refractivity contribution in [2.45, 2.75) is 335 Å². The van der Waals surface area contributed by atoms with Gasteiger partial charge in [-0.25, -0.2) is 0 Å². The van der Waals surface area contributed by atoms with Gasteiger partial charge in [-0.2, -0.15) is 23.5 Å². The monoisotopic (exact) mass is 981 g/mol. The fraction of sp³-hybridized carbons (Fsp3) is 1.00. The molecule has 0 aromatic rings. The zero-order valence-corrected chi connectivity index (χ0v) is 47.3. The van der Waals surface area contributed by atoms with E-state index in [9.17, 15) is 0 Å². The molecule has 2 rings (SSSR count). The van der Waals surface area contributed by atoms with E-state index in [1.54, 1.807) is 0 Å². The molecule has 0 bridgehead atoms. The van der Waals surface area contributed by atoms with E-state index in [0.717, 1.165) is 12.8 Å². The summed E-state index contributed by atoms with van der Waals surface area (Å²) < 4.78 is 24.7. The summed E-state index contributed by atoms with van der Waals surface area (Å²) in [5.74, 6) is 5.06. The lowest BCUT2D eigenvalue weighted by molar-refractivity contribution is -0.303. The van der Waals surface area contributed by atoms with Crippen LogP contribution in [0.3, 0.4) is 0 Å². The normalized spacial score (nSPS) is 18.7. The lowest BCUT2D eigenvalue weighted by Crippen LogP contribution is -2.52. The maximum absolute atomic E-state index is 6.19. The molecule has 0 radical (unpaired) electrons. The van der Waals surface area contributed by atoms with Crippen molar-refractivity contribution in [2.75, 3.05) is 49.4 Å². The Morgan fingerprint density at radius 1 is 0.254 bits per heavy atom. The minimum atomic E-state index is -0.117. The van der Waals surface area contributed by atoms with Gasteiger partial charge in [0.05, 0.1) is 31.8 Å². The Morgan fingerprint density at radius 3 is 0.642 bits per heavy atom. The molecule has 0 amide bonds. The number of rotatable bonds is 54. The summed E-state index contributed by atoms with van der Waals surface area (Å²) in [5.41, 5.74) is -0.117. The van der Waals surface area contributed by atoms with Crippen LogP contribution in [-0.2, 0) is 18.9 Å². The third kappa shape index (κ3) is 42.7. The molecule has 0 aromatic heterocycles. The summed E-state index contributed by atoms with van der Waals surface area (Å²) >= 11 is 4.25. The number of thioether (sulfide) groups is 2. The highest BCUT2D eigenvalue weighted by atomic mass is 32.2. The molecule has 6 heteroatoms. The van der Waals surface area contributed by atoms with Gasteiger partial charge in [0.15, 0.2) is 12.6 Å². The molecule has 2 saturated heterocycles. The molecule has 0 saturated carbocycles. The Bertz CT molecular complexity index is 858. The van der Waals surface area contributed by atoms with Crippen LogP contribution in [-0.4, -0.2) is 62.0 Å². The van der Waals surface area contributed by atoms with Crippen LogP contribution >= 0.6 is 23.5 Å². The van der Waals surface area contributed by atoms with Crippen LogP contribution in [0, 0.1) is 5.41 Å². The highest BCUT2D eigenvalue weighted by Gasteiger charge is 2.41. The topological polar surface area (TPSA) is 36.9 Å². The van der Waals surface area contributed by atoms with Crippen LogP contribution < -0.4 is 0 Å². The molecule has 2 aliphatic heterocycles. The fourth-order valence-electron chi connectivity index (χ4n) is 10.3. The Morgan fingerprint density at radius 2 is 0.433 bits per heavy atom. The van der Waals surface area contributed by atoms with Gasteiger partial charge in [-0.15, -0.1) is 0 Å². The molecule has 0 aliphatic carbocycles. The van der Waals surface area contributed by atoms with Crippen molar-refractivity contribution in [1.29, 1.82) is 0 Å². The summed E-state index contributed by atoms with van der Waals surface area (Å²) in [6.07, 6.45) is 68.2. The third-order valence-electron chi connectivity index (χ3n) is 15.0. The molecule has 0 unspecified atom stereocenters. The summed E-state index contributed by atoms with van der Waals surface area (Å²) in [6.45, 7) is 7.42. The van der Waals surface area contributed by atoms with Crippen LogP contribution in [0.4, 0.5) is 0 Å². The van der Waals surface area contributed by atoms with Crippen molar-refractivity contribution in [3.05, 3.63) is 0 Å². The first-order valence-electron chi connectivity index (χ1n) is 30.9. The Balaban J connectivity index is 1.21. The first-order valence-corrected chi connectivity index (χ1v) is 33.2. The first-order chi connectivity index (χ1) is 33.3. The second-order valence-corrected chi connectivity index (χ2v) is 24.4. The van der Waals surface area contributed by atoms with Gasteiger partial charge < -0.3 is 18.9 Å². The molecule has 2 heterocycles. The van der Waals surface area contributed by atoms with E-state index < -0.39 is 0 Å². The summed E-state index contributed by atoms with van der Waals surface area (Å²) in [7, 11) is 0. The van der Waals surface area contributed by atoms with E-state index in [1.807, 2.05) is 0 Å². The quantitative estimate of drug-likeness (QED) is 0.0565. The SMILES string of the molecule is CCCCCCCCCCCCCCCCCCCCCCCCSCCCC1OCC2(CO1)COC(CCCSCCCCCCCCCCCCCCCCCCCCCCCC)OC2. The van der Waals surface area contributed by atoms with Crippen molar-refractivity contribution < 1.29 is 18.9 Å². The van der Waals surface area contributed by atoms with Gasteiger partial charge in [0.25, 0.3) is 0 Å². The molecule has 0 atom stereocenters. The lowest BCUT2D eigenvalue weighted by atomic mass is 9.90. The molecule has 400 valence electrons.